The van der Waals surface area contributed by atoms with Crippen molar-refractivity contribution in [3.8, 4) is 0 Å². The number of carbonyl (C=O) groups is 1. The van der Waals surface area contributed by atoms with E-state index in [4.69, 9.17) is 5.73 Å². The molecular weight excluding hydrogens is 152 g/mol. The number of primary amides is 1. The molecule has 1 rings (SSSR count). The average Bonchev–Trinajstić information content (AvgIpc) is 2.35. The lowest BCUT2D eigenvalue weighted by Crippen LogP contribution is -2.42. The minimum absolute atomic E-state index is 0.117. The van der Waals surface area contributed by atoms with Gasteiger partial charge in [-0.15, -0.1) is 0 Å². The summed E-state index contributed by atoms with van der Waals surface area (Å²) in [5.74, 6) is -0.117. The van der Waals surface area contributed by atoms with E-state index in [0.717, 1.165) is 32.2 Å². The highest BCUT2D eigenvalue weighted by Gasteiger charge is 2.39. The molecule has 70 valence electrons. The second-order valence-electron chi connectivity index (χ2n) is 4.09. The number of nitrogens with two attached hydrogens (primary N) is 1. The molecule has 0 bridgehead atoms. The zero-order valence-corrected chi connectivity index (χ0v) is 7.97. The highest BCUT2D eigenvalue weighted by Crippen LogP contribution is 2.38. The van der Waals surface area contributed by atoms with E-state index in [-0.39, 0.29) is 11.3 Å². The van der Waals surface area contributed by atoms with E-state index in [1.807, 2.05) is 14.1 Å². The third kappa shape index (κ3) is 1.78. The Labute approximate surface area is 73.9 Å². The third-order valence-corrected chi connectivity index (χ3v) is 2.70. The summed E-state index contributed by atoms with van der Waals surface area (Å²) in [4.78, 5) is 13.3. The number of amides is 1. The largest absolute Gasteiger partial charge is 0.369 e. The Morgan fingerprint density at radius 1 is 1.42 bits per heavy atom. The highest BCUT2D eigenvalue weighted by atomic mass is 16.1. The van der Waals surface area contributed by atoms with Crippen molar-refractivity contribution in [2.75, 3.05) is 20.6 Å². The molecule has 0 aromatic heterocycles. The van der Waals surface area contributed by atoms with Gasteiger partial charge in [-0.3, -0.25) is 4.79 Å². The fourth-order valence-corrected chi connectivity index (χ4v) is 2.14. The van der Waals surface area contributed by atoms with Crippen LogP contribution in [0.3, 0.4) is 0 Å². The summed E-state index contributed by atoms with van der Waals surface area (Å²) in [5.41, 5.74) is 5.20. The molecule has 1 amide bonds. The minimum Gasteiger partial charge on any atom is -0.369 e. The van der Waals surface area contributed by atoms with Crippen LogP contribution in [0.5, 0.6) is 0 Å². The molecule has 1 aliphatic rings. The molecule has 0 unspecified atom stereocenters. The van der Waals surface area contributed by atoms with Gasteiger partial charge in [-0.05, 0) is 26.9 Å². The van der Waals surface area contributed by atoms with Gasteiger partial charge in [-0.2, -0.15) is 0 Å². The van der Waals surface area contributed by atoms with Crippen LogP contribution in [0, 0.1) is 5.41 Å². The summed E-state index contributed by atoms with van der Waals surface area (Å²) in [5, 5.41) is 0. The SMILES string of the molecule is CN(C)CC1(C(N)=O)CCCC1. The quantitative estimate of drug-likeness (QED) is 0.674. The van der Waals surface area contributed by atoms with E-state index in [2.05, 4.69) is 4.90 Å². The van der Waals surface area contributed by atoms with Gasteiger partial charge in [0.05, 0.1) is 5.41 Å². The van der Waals surface area contributed by atoms with Crippen LogP contribution in [0.15, 0.2) is 0 Å². The summed E-state index contributed by atoms with van der Waals surface area (Å²) >= 11 is 0. The van der Waals surface area contributed by atoms with Crippen LogP contribution in [0.2, 0.25) is 0 Å². The van der Waals surface area contributed by atoms with Crippen LogP contribution in [0.25, 0.3) is 0 Å². The summed E-state index contributed by atoms with van der Waals surface area (Å²) in [6.07, 6.45) is 4.24. The van der Waals surface area contributed by atoms with Crippen LogP contribution in [0.4, 0.5) is 0 Å². The van der Waals surface area contributed by atoms with Gasteiger partial charge in [0.15, 0.2) is 0 Å². The van der Waals surface area contributed by atoms with Gasteiger partial charge in [0, 0.05) is 6.54 Å². The molecule has 0 atom stereocenters. The second kappa shape index (κ2) is 3.44. The van der Waals surface area contributed by atoms with Crippen LogP contribution >= 0.6 is 0 Å². The van der Waals surface area contributed by atoms with Crippen LogP contribution < -0.4 is 5.73 Å². The smallest absolute Gasteiger partial charge is 0.224 e. The maximum Gasteiger partial charge on any atom is 0.224 e. The molecule has 1 fully saturated rings. The predicted molar refractivity (Wildman–Crippen MR) is 48.6 cm³/mol. The fraction of sp³-hybridized carbons (Fsp3) is 0.889. The van der Waals surface area contributed by atoms with Crippen LogP contribution in [-0.4, -0.2) is 31.4 Å². The Balaban J connectivity index is 2.65. The zero-order chi connectivity index (χ0) is 9.19. The van der Waals surface area contributed by atoms with Gasteiger partial charge in [0.2, 0.25) is 5.91 Å². The molecule has 12 heavy (non-hydrogen) atoms. The fourth-order valence-electron chi connectivity index (χ4n) is 2.14. The Hall–Kier alpha value is -0.570. The Kier molecular flexibility index (Phi) is 2.73. The number of carbonyl (C=O) groups excluding carboxylic acids is 1. The number of hydrogen-bond acceptors (Lipinski definition) is 2. The minimum atomic E-state index is -0.219. The number of rotatable bonds is 3. The standard InChI is InChI=1S/C9H18N2O/c1-11(2)7-9(8(10)12)5-3-4-6-9/h3-7H2,1-2H3,(H2,10,12). The average molecular weight is 170 g/mol. The van der Waals surface area contributed by atoms with E-state index in [9.17, 15) is 4.79 Å². The van der Waals surface area contributed by atoms with Gasteiger partial charge in [0.1, 0.15) is 0 Å². The van der Waals surface area contributed by atoms with Crippen molar-refractivity contribution in [3.05, 3.63) is 0 Å². The van der Waals surface area contributed by atoms with Crippen molar-refractivity contribution in [1.82, 2.24) is 4.90 Å². The van der Waals surface area contributed by atoms with Gasteiger partial charge in [-0.25, -0.2) is 0 Å². The molecule has 1 saturated carbocycles. The Bertz CT molecular complexity index is 171. The molecule has 0 saturated heterocycles. The normalized spacial score (nSPS) is 21.6. The van der Waals surface area contributed by atoms with Crippen molar-refractivity contribution < 1.29 is 4.79 Å². The van der Waals surface area contributed by atoms with Crippen LogP contribution in [-0.2, 0) is 4.79 Å². The van der Waals surface area contributed by atoms with Gasteiger partial charge >= 0.3 is 0 Å². The second-order valence-corrected chi connectivity index (χ2v) is 4.09. The van der Waals surface area contributed by atoms with E-state index < -0.39 is 0 Å². The summed E-state index contributed by atoms with van der Waals surface area (Å²) < 4.78 is 0. The zero-order valence-electron chi connectivity index (χ0n) is 7.97. The topological polar surface area (TPSA) is 46.3 Å². The first-order valence-corrected chi connectivity index (χ1v) is 4.51. The molecule has 2 N–H and O–H groups in total. The van der Waals surface area contributed by atoms with Gasteiger partial charge < -0.3 is 10.6 Å². The Morgan fingerprint density at radius 3 is 2.25 bits per heavy atom. The maximum atomic E-state index is 11.3. The predicted octanol–water partition coefficient (Wildman–Crippen LogP) is 0.594. The molecule has 0 aliphatic heterocycles. The van der Waals surface area contributed by atoms with Crippen molar-refractivity contribution in [2.24, 2.45) is 11.1 Å². The molecule has 0 radical (unpaired) electrons. The lowest BCUT2D eigenvalue weighted by Gasteiger charge is -2.28. The summed E-state index contributed by atoms with van der Waals surface area (Å²) in [6, 6.07) is 0. The highest BCUT2D eigenvalue weighted by molar-refractivity contribution is 5.81. The first kappa shape index (κ1) is 9.52. The molecule has 3 nitrogen and oxygen atoms in total. The summed E-state index contributed by atoms with van der Waals surface area (Å²) in [6.45, 7) is 0.808. The van der Waals surface area contributed by atoms with Crippen molar-refractivity contribution in [2.45, 2.75) is 25.7 Å². The van der Waals surface area contributed by atoms with Gasteiger partial charge in [-0.1, -0.05) is 12.8 Å². The molecule has 0 spiro atoms. The van der Waals surface area contributed by atoms with E-state index in [1.165, 1.54) is 0 Å². The third-order valence-electron chi connectivity index (χ3n) is 2.70. The molecule has 3 heteroatoms. The molecule has 0 aromatic carbocycles. The Morgan fingerprint density at radius 2 is 1.92 bits per heavy atom. The maximum absolute atomic E-state index is 11.3. The van der Waals surface area contributed by atoms with Crippen LogP contribution in [0.1, 0.15) is 25.7 Å². The van der Waals surface area contributed by atoms with E-state index in [0.29, 0.717) is 0 Å². The van der Waals surface area contributed by atoms with Gasteiger partial charge in [0.25, 0.3) is 0 Å². The molecular formula is C9H18N2O. The molecule has 1 aliphatic carbocycles. The monoisotopic (exact) mass is 170 g/mol. The number of nitrogens with zero attached hydrogens (tertiary/aromatic N) is 1. The van der Waals surface area contributed by atoms with E-state index >= 15 is 0 Å². The van der Waals surface area contributed by atoms with Crippen molar-refractivity contribution >= 4 is 5.91 Å². The van der Waals surface area contributed by atoms with Crippen molar-refractivity contribution in [3.63, 3.8) is 0 Å². The van der Waals surface area contributed by atoms with Crippen molar-refractivity contribution in [1.29, 1.82) is 0 Å². The first-order valence-electron chi connectivity index (χ1n) is 4.51. The lowest BCUT2D eigenvalue weighted by molar-refractivity contribution is -0.128. The summed E-state index contributed by atoms with van der Waals surface area (Å²) in [7, 11) is 3.98. The number of hydrogen-bond donors (Lipinski definition) is 1. The molecule has 0 aromatic rings. The lowest BCUT2D eigenvalue weighted by atomic mass is 9.85. The first-order chi connectivity index (χ1) is 5.57. The molecule has 0 heterocycles. The van der Waals surface area contributed by atoms with E-state index in [1.54, 1.807) is 0 Å².